The van der Waals surface area contributed by atoms with Crippen LogP contribution >= 0.6 is 11.3 Å². The van der Waals surface area contributed by atoms with Crippen molar-refractivity contribution < 1.29 is 14.3 Å². The molecule has 0 aliphatic rings. The number of carbonyl (C=O) groups excluding carboxylic acids is 1. The second kappa shape index (κ2) is 8.38. The number of hydrogen-bond acceptors (Lipinski definition) is 6. The summed E-state index contributed by atoms with van der Waals surface area (Å²) in [7, 11) is 3.19. The molecule has 0 fully saturated rings. The van der Waals surface area contributed by atoms with Crippen molar-refractivity contribution in [3.63, 3.8) is 0 Å². The molecule has 0 bridgehead atoms. The van der Waals surface area contributed by atoms with E-state index in [4.69, 9.17) is 9.47 Å². The third-order valence-corrected chi connectivity index (χ3v) is 5.59. The van der Waals surface area contributed by atoms with Gasteiger partial charge in [0.25, 0.3) is 5.56 Å². The smallest absolute Gasteiger partial charge is 0.271 e. The molecule has 0 aliphatic heterocycles. The van der Waals surface area contributed by atoms with Crippen LogP contribution in [0.25, 0.3) is 21.3 Å². The summed E-state index contributed by atoms with van der Waals surface area (Å²) in [5.74, 6) is 1.15. The molecule has 2 aromatic carbocycles. The fourth-order valence-corrected chi connectivity index (χ4v) is 4.04. The number of thiophene rings is 1. The van der Waals surface area contributed by atoms with Crippen LogP contribution in [0.4, 0.5) is 5.69 Å². The number of amides is 1. The highest BCUT2D eigenvalue weighted by Crippen LogP contribution is 2.31. The number of ether oxygens (including phenoxy) is 2. The number of hydrogen-bond donors (Lipinski definition) is 1. The molecule has 152 valence electrons. The highest BCUT2D eigenvalue weighted by atomic mass is 32.1. The van der Waals surface area contributed by atoms with Crippen LogP contribution in [-0.2, 0) is 11.3 Å². The predicted molar refractivity (Wildman–Crippen MR) is 117 cm³/mol. The summed E-state index contributed by atoms with van der Waals surface area (Å²) in [6, 6.07) is 14.6. The minimum atomic E-state index is -0.310. The number of anilines is 1. The van der Waals surface area contributed by atoms with Gasteiger partial charge in [0.05, 0.1) is 26.1 Å². The van der Waals surface area contributed by atoms with Crippen molar-refractivity contribution in [1.82, 2.24) is 9.55 Å². The van der Waals surface area contributed by atoms with E-state index in [1.165, 1.54) is 22.2 Å². The Labute approximate surface area is 176 Å². The molecule has 30 heavy (non-hydrogen) atoms. The van der Waals surface area contributed by atoms with Gasteiger partial charge in [0.1, 0.15) is 22.7 Å². The third kappa shape index (κ3) is 3.90. The maximum absolute atomic E-state index is 12.9. The number of fused-ring (bicyclic) bond motifs is 1. The minimum absolute atomic E-state index is 0.121. The van der Waals surface area contributed by atoms with Crippen LogP contribution < -0.4 is 20.3 Å². The number of rotatable bonds is 6. The summed E-state index contributed by atoms with van der Waals surface area (Å²) in [5, 5.41) is 4.67. The number of methoxy groups -OCH3 is 2. The SMILES string of the molecule is COc1ccc(NC(=O)Cn2cnc3c(-c4ccc(OC)cc4)csc3c2=O)cc1. The molecule has 0 atom stereocenters. The molecule has 2 aromatic heterocycles. The first-order valence-corrected chi connectivity index (χ1v) is 10.0. The highest BCUT2D eigenvalue weighted by Gasteiger charge is 2.14. The fraction of sp³-hybridized carbons (Fsp3) is 0.136. The second-order valence-electron chi connectivity index (χ2n) is 6.51. The van der Waals surface area contributed by atoms with E-state index in [-0.39, 0.29) is 18.0 Å². The number of aromatic nitrogens is 2. The molecule has 0 aliphatic carbocycles. The Morgan fingerprint density at radius 1 is 1.03 bits per heavy atom. The summed E-state index contributed by atoms with van der Waals surface area (Å²) in [4.78, 5) is 29.7. The molecule has 4 rings (SSSR count). The zero-order valence-corrected chi connectivity index (χ0v) is 17.2. The quantitative estimate of drug-likeness (QED) is 0.512. The van der Waals surface area contributed by atoms with Crippen molar-refractivity contribution in [3.05, 3.63) is 70.6 Å². The van der Waals surface area contributed by atoms with Gasteiger partial charge in [-0.05, 0) is 42.0 Å². The first kappa shape index (κ1) is 19.7. The Bertz CT molecular complexity index is 1240. The lowest BCUT2D eigenvalue weighted by Gasteiger charge is -2.08. The Morgan fingerprint density at radius 2 is 1.67 bits per heavy atom. The Balaban J connectivity index is 1.56. The standard InChI is InChI=1S/C22H19N3O4S/c1-28-16-7-3-14(4-8-16)18-12-30-21-20(18)23-13-25(22(21)27)11-19(26)24-15-5-9-17(29-2)10-6-15/h3-10,12-13H,11H2,1-2H3,(H,24,26). The molecular formula is C22H19N3O4S. The van der Waals surface area contributed by atoms with Crippen molar-refractivity contribution >= 4 is 33.1 Å². The summed E-state index contributed by atoms with van der Waals surface area (Å²) in [6.45, 7) is -0.121. The lowest BCUT2D eigenvalue weighted by Crippen LogP contribution is -2.27. The molecule has 0 spiro atoms. The molecule has 1 amide bonds. The van der Waals surface area contributed by atoms with Gasteiger partial charge in [-0.2, -0.15) is 0 Å². The second-order valence-corrected chi connectivity index (χ2v) is 7.39. The lowest BCUT2D eigenvalue weighted by molar-refractivity contribution is -0.116. The molecule has 0 saturated heterocycles. The van der Waals surface area contributed by atoms with Crippen molar-refractivity contribution in [2.45, 2.75) is 6.54 Å². The number of carbonyl (C=O) groups is 1. The Morgan fingerprint density at radius 3 is 2.30 bits per heavy atom. The van der Waals surface area contributed by atoms with Gasteiger partial charge in [0.2, 0.25) is 5.91 Å². The summed E-state index contributed by atoms with van der Waals surface area (Å²) < 4.78 is 12.1. The van der Waals surface area contributed by atoms with E-state index in [1.54, 1.807) is 38.5 Å². The van der Waals surface area contributed by atoms with Gasteiger partial charge in [-0.15, -0.1) is 11.3 Å². The average Bonchev–Trinajstić information content (AvgIpc) is 3.21. The first-order valence-electron chi connectivity index (χ1n) is 9.14. The van der Waals surface area contributed by atoms with E-state index in [2.05, 4.69) is 10.3 Å². The third-order valence-electron chi connectivity index (χ3n) is 4.63. The van der Waals surface area contributed by atoms with E-state index in [0.29, 0.717) is 21.7 Å². The van der Waals surface area contributed by atoms with Crippen LogP contribution in [0.2, 0.25) is 0 Å². The summed E-state index contributed by atoms with van der Waals surface area (Å²) in [5.41, 5.74) is 2.84. The largest absolute Gasteiger partial charge is 0.497 e. The summed E-state index contributed by atoms with van der Waals surface area (Å²) >= 11 is 1.32. The predicted octanol–water partition coefficient (Wildman–Crippen LogP) is 3.78. The fourth-order valence-electron chi connectivity index (χ4n) is 3.06. The Hall–Kier alpha value is -3.65. The van der Waals surface area contributed by atoms with E-state index in [9.17, 15) is 9.59 Å². The van der Waals surface area contributed by atoms with E-state index >= 15 is 0 Å². The first-order chi connectivity index (χ1) is 14.6. The van der Waals surface area contributed by atoms with Crippen LogP contribution in [0, 0.1) is 0 Å². The Kier molecular flexibility index (Phi) is 5.49. The molecule has 7 nitrogen and oxygen atoms in total. The monoisotopic (exact) mass is 421 g/mol. The van der Waals surface area contributed by atoms with Crippen LogP contribution in [0.1, 0.15) is 0 Å². The molecule has 2 heterocycles. The molecular weight excluding hydrogens is 402 g/mol. The molecule has 8 heteroatoms. The zero-order chi connectivity index (χ0) is 21.1. The topological polar surface area (TPSA) is 82.4 Å². The van der Waals surface area contributed by atoms with Gasteiger partial charge in [0.15, 0.2) is 0 Å². The highest BCUT2D eigenvalue weighted by molar-refractivity contribution is 7.17. The van der Waals surface area contributed by atoms with E-state index < -0.39 is 0 Å². The van der Waals surface area contributed by atoms with Gasteiger partial charge in [-0.1, -0.05) is 12.1 Å². The van der Waals surface area contributed by atoms with E-state index in [1.807, 2.05) is 29.6 Å². The molecule has 0 unspecified atom stereocenters. The molecule has 0 radical (unpaired) electrons. The van der Waals surface area contributed by atoms with Crippen LogP contribution in [0.5, 0.6) is 11.5 Å². The maximum Gasteiger partial charge on any atom is 0.271 e. The van der Waals surface area contributed by atoms with Crippen LogP contribution in [-0.4, -0.2) is 29.7 Å². The lowest BCUT2D eigenvalue weighted by atomic mass is 10.1. The number of benzene rings is 2. The zero-order valence-electron chi connectivity index (χ0n) is 16.4. The van der Waals surface area contributed by atoms with E-state index in [0.717, 1.165) is 16.9 Å². The van der Waals surface area contributed by atoms with Gasteiger partial charge >= 0.3 is 0 Å². The normalized spacial score (nSPS) is 10.7. The van der Waals surface area contributed by atoms with Crippen LogP contribution in [0.3, 0.4) is 0 Å². The molecule has 0 saturated carbocycles. The van der Waals surface area contributed by atoms with Crippen molar-refractivity contribution in [3.8, 4) is 22.6 Å². The minimum Gasteiger partial charge on any atom is -0.497 e. The van der Waals surface area contributed by atoms with Gasteiger partial charge in [-0.25, -0.2) is 4.98 Å². The molecule has 1 N–H and O–H groups in total. The van der Waals surface area contributed by atoms with Crippen molar-refractivity contribution in [2.75, 3.05) is 19.5 Å². The van der Waals surface area contributed by atoms with Gasteiger partial charge in [-0.3, -0.25) is 14.2 Å². The number of nitrogens with zero attached hydrogens (tertiary/aromatic N) is 2. The van der Waals surface area contributed by atoms with Crippen molar-refractivity contribution in [2.24, 2.45) is 0 Å². The maximum atomic E-state index is 12.9. The van der Waals surface area contributed by atoms with Gasteiger partial charge < -0.3 is 14.8 Å². The average molecular weight is 421 g/mol. The van der Waals surface area contributed by atoms with Gasteiger partial charge in [0, 0.05) is 16.6 Å². The summed E-state index contributed by atoms with van der Waals surface area (Å²) in [6.07, 6.45) is 1.41. The van der Waals surface area contributed by atoms with Crippen LogP contribution in [0.15, 0.2) is 65.0 Å². The number of nitrogens with one attached hydrogen (secondary N) is 1. The van der Waals surface area contributed by atoms with Crippen molar-refractivity contribution in [1.29, 1.82) is 0 Å². The molecule has 4 aromatic rings.